The van der Waals surface area contributed by atoms with Crippen LogP contribution in [-0.2, 0) is 24.8 Å². The average Bonchev–Trinajstić information content (AvgIpc) is 2.93. The van der Waals surface area contributed by atoms with Gasteiger partial charge in [0.2, 0.25) is 0 Å². The maximum atomic E-state index is 15.1. The third kappa shape index (κ3) is 3.84. The first-order valence-electron chi connectivity index (χ1n) is 8.90. The van der Waals surface area contributed by atoms with Crippen LogP contribution in [-0.4, -0.2) is 62.5 Å². The van der Waals surface area contributed by atoms with E-state index in [0.29, 0.717) is 17.1 Å². The number of carbonyl (C=O) groups excluding carboxylic acids is 1. The number of aromatic nitrogens is 2. The molecule has 0 aliphatic carbocycles. The van der Waals surface area contributed by atoms with Gasteiger partial charge in [-0.1, -0.05) is 0 Å². The average molecular weight is 460 g/mol. The van der Waals surface area contributed by atoms with Gasteiger partial charge in [0.1, 0.15) is 33.3 Å². The number of nitrogens with one attached hydrogen (secondary N) is 1. The molecule has 0 bridgehead atoms. The number of amides is 1. The van der Waals surface area contributed by atoms with Crippen LogP contribution in [0.3, 0.4) is 0 Å². The highest BCUT2D eigenvalue weighted by Crippen LogP contribution is 2.37. The number of phenolic OH excluding ortho intramolecular Hbond substituents is 1. The minimum atomic E-state index is -4.34. The molecule has 162 valence electrons. The number of benzene rings is 1. The summed E-state index contributed by atoms with van der Waals surface area (Å²) in [5, 5.41) is 10.2. The molecule has 1 aromatic heterocycles. The number of hydrogen-bond donors (Lipinski definition) is 2. The zero-order valence-corrected chi connectivity index (χ0v) is 17.0. The Hall–Kier alpha value is -2.74. The Kier molecular flexibility index (Phi) is 4.92. The van der Waals surface area contributed by atoms with E-state index in [9.17, 15) is 26.7 Å². The monoisotopic (exact) mass is 460 g/mol. The number of sulfone groups is 1. The van der Waals surface area contributed by atoms with Crippen molar-refractivity contribution in [2.24, 2.45) is 5.92 Å². The molecule has 3 heterocycles. The Morgan fingerprint density at radius 2 is 1.97 bits per heavy atom. The lowest BCUT2D eigenvalue weighted by Crippen LogP contribution is -2.30. The van der Waals surface area contributed by atoms with Crippen molar-refractivity contribution in [3.63, 3.8) is 0 Å². The Labute approximate surface area is 171 Å². The molecule has 0 saturated carbocycles. The van der Waals surface area contributed by atoms with Crippen molar-refractivity contribution in [1.29, 1.82) is 0 Å². The summed E-state index contributed by atoms with van der Waals surface area (Å²) in [6.45, 7) is -0.538. The van der Waals surface area contributed by atoms with Gasteiger partial charge in [-0.3, -0.25) is 4.79 Å². The third-order valence-electron chi connectivity index (χ3n) is 4.94. The van der Waals surface area contributed by atoms with Crippen LogP contribution in [0.5, 0.6) is 11.8 Å². The second-order valence-electron chi connectivity index (χ2n) is 7.09. The molecule has 2 aromatic rings. The van der Waals surface area contributed by atoms with Gasteiger partial charge in [0.05, 0.1) is 18.1 Å². The molecule has 30 heavy (non-hydrogen) atoms. The van der Waals surface area contributed by atoms with Crippen molar-refractivity contribution in [2.45, 2.75) is 12.8 Å². The number of carbonyl (C=O) groups is 1. The van der Waals surface area contributed by atoms with Gasteiger partial charge in [-0.25, -0.2) is 26.8 Å². The van der Waals surface area contributed by atoms with Gasteiger partial charge in [-0.2, -0.15) is 13.4 Å². The van der Waals surface area contributed by atoms with E-state index in [1.54, 1.807) is 4.72 Å². The van der Waals surface area contributed by atoms with E-state index >= 15 is 4.39 Å². The predicted molar refractivity (Wildman–Crippen MR) is 102 cm³/mol. The van der Waals surface area contributed by atoms with Gasteiger partial charge in [0, 0.05) is 11.6 Å². The van der Waals surface area contributed by atoms with Crippen LogP contribution in [0, 0.1) is 11.7 Å². The quantitative estimate of drug-likeness (QED) is 0.634. The second kappa shape index (κ2) is 7.19. The van der Waals surface area contributed by atoms with Crippen LogP contribution < -0.4 is 13.8 Å². The number of aromatic hydroxyl groups is 1. The summed E-state index contributed by atoms with van der Waals surface area (Å²) in [4.78, 5) is 19.3. The Bertz CT molecular complexity index is 1240. The van der Waals surface area contributed by atoms with E-state index < -0.39 is 49.8 Å². The van der Waals surface area contributed by atoms with Crippen molar-refractivity contribution in [3.05, 3.63) is 18.1 Å². The van der Waals surface area contributed by atoms with Crippen LogP contribution in [0.2, 0.25) is 0 Å². The molecule has 14 heteroatoms. The molecule has 1 amide bonds. The first-order chi connectivity index (χ1) is 14.1. The van der Waals surface area contributed by atoms with Crippen molar-refractivity contribution in [1.82, 2.24) is 14.7 Å². The number of halogens is 1. The van der Waals surface area contributed by atoms with Crippen LogP contribution in [0.4, 0.5) is 10.1 Å². The van der Waals surface area contributed by atoms with E-state index in [4.69, 9.17) is 4.74 Å². The lowest BCUT2D eigenvalue weighted by Gasteiger charge is -2.21. The summed E-state index contributed by atoms with van der Waals surface area (Å²) in [7, 11) is -7.34. The maximum Gasteiger partial charge on any atom is 0.326 e. The molecule has 4 rings (SSSR count). The molecule has 0 radical (unpaired) electrons. The number of rotatable bonds is 4. The van der Waals surface area contributed by atoms with Gasteiger partial charge in [-0.05, 0) is 24.8 Å². The topological polar surface area (TPSA) is 156 Å². The molecule has 2 saturated heterocycles. The van der Waals surface area contributed by atoms with Crippen LogP contribution in [0.1, 0.15) is 12.8 Å². The Morgan fingerprint density at radius 1 is 1.27 bits per heavy atom. The number of nitrogens with zero attached hydrogens (tertiary/aromatic N) is 3. The van der Waals surface area contributed by atoms with Gasteiger partial charge < -0.3 is 9.84 Å². The molecule has 0 spiro atoms. The third-order valence-corrected chi connectivity index (χ3v) is 8.03. The normalized spacial score (nSPS) is 21.0. The Balaban J connectivity index is 1.62. The minimum absolute atomic E-state index is 0.0140. The zero-order chi connectivity index (χ0) is 21.7. The van der Waals surface area contributed by atoms with E-state index in [1.165, 1.54) is 6.20 Å². The molecule has 2 N–H and O–H groups in total. The molecular weight excluding hydrogens is 443 g/mol. The van der Waals surface area contributed by atoms with E-state index in [1.807, 2.05) is 0 Å². The van der Waals surface area contributed by atoms with E-state index in [0.717, 1.165) is 6.07 Å². The van der Waals surface area contributed by atoms with Gasteiger partial charge in [0.15, 0.2) is 5.82 Å². The summed E-state index contributed by atoms with van der Waals surface area (Å²) in [5.41, 5.74) is -1.00. The highest BCUT2D eigenvalue weighted by molar-refractivity contribution is 7.92. The van der Waals surface area contributed by atoms with Crippen molar-refractivity contribution < 1.29 is 35.9 Å². The van der Waals surface area contributed by atoms with Crippen molar-refractivity contribution in [2.75, 3.05) is 29.0 Å². The molecule has 1 aromatic carbocycles. The largest absolute Gasteiger partial charge is 0.506 e. The maximum absolute atomic E-state index is 15.1. The first kappa shape index (κ1) is 20.5. The molecule has 2 aliphatic rings. The number of fused-ring (bicyclic) bond motifs is 1. The van der Waals surface area contributed by atoms with Crippen LogP contribution in [0.15, 0.2) is 12.3 Å². The molecule has 0 unspecified atom stereocenters. The number of hydrogen-bond acceptors (Lipinski definition) is 9. The van der Waals surface area contributed by atoms with Crippen LogP contribution >= 0.6 is 0 Å². The van der Waals surface area contributed by atoms with Gasteiger partial charge in [0.25, 0.3) is 5.91 Å². The highest BCUT2D eigenvalue weighted by atomic mass is 32.2. The standard InChI is InChI=1S/C16H17FN4O7S2/c17-13-14-10(5-11(22)15(13)21-7-12(23)20-30(21,26)27)6-18-16(19-14)28-8-9-1-3-29(24,25)4-2-9/h5-6,9,22H,1-4,7-8H2,(H,20,23). The lowest BCUT2D eigenvalue weighted by atomic mass is 10.0. The van der Waals surface area contributed by atoms with E-state index in [2.05, 4.69) is 9.97 Å². The van der Waals surface area contributed by atoms with Gasteiger partial charge >= 0.3 is 16.2 Å². The van der Waals surface area contributed by atoms with Gasteiger partial charge in [-0.15, -0.1) is 0 Å². The van der Waals surface area contributed by atoms with Crippen molar-refractivity contribution >= 4 is 42.5 Å². The SMILES string of the molecule is O=C1CN(c2c(O)cc3cnc(OCC4CCS(=O)(=O)CC4)nc3c2F)S(=O)(=O)N1. The van der Waals surface area contributed by atoms with Crippen LogP contribution in [0.25, 0.3) is 10.9 Å². The minimum Gasteiger partial charge on any atom is -0.506 e. The number of phenols is 1. The van der Waals surface area contributed by atoms with Crippen molar-refractivity contribution in [3.8, 4) is 11.8 Å². The summed E-state index contributed by atoms with van der Waals surface area (Å²) in [6.07, 6.45) is 2.09. The summed E-state index contributed by atoms with van der Waals surface area (Å²) < 4.78 is 69.7. The fraction of sp³-hybridized carbons (Fsp3) is 0.438. The summed E-state index contributed by atoms with van der Waals surface area (Å²) >= 11 is 0. The highest BCUT2D eigenvalue weighted by Gasteiger charge is 2.38. The molecule has 2 aliphatic heterocycles. The fourth-order valence-corrected chi connectivity index (χ4v) is 6.10. The van der Waals surface area contributed by atoms with E-state index in [-0.39, 0.29) is 40.9 Å². The summed E-state index contributed by atoms with van der Waals surface area (Å²) in [5.74, 6) is -2.57. The zero-order valence-electron chi connectivity index (χ0n) is 15.4. The first-order valence-corrected chi connectivity index (χ1v) is 12.2. The second-order valence-corrected chi connectivity index (χ2v) is 11.0. The lowest BCUT2D eigenvalue weighted by molar-refractivity contribution is -0.117. The molecule has 0 atom stereocenters. The number of ether oxygens (including phenoxy) is 1. The number of anilines is 1. The Morgan fingerprint density at radius 3 is 2.60 bits per heavy atom. The summed E-state index contributed by atoms with van der Waals surface area (Å²) in [6, 6.07) is 0.909. The fourth-order valence-electron chi connectivity index (χ4n) is 3.35. The molecular formula is C16H17FN4O7S2. The predicted octanol–water partition coefficient (Wildman–Crippen LogP) is -0.141. The molecule has 2 fully saturated rings. The smallest absolute Gasteiger partial charge is 0.326 e. The molecule has 11 nitrogen and oxygen atoms in total.